The van der Waals surface area contributed by atoms with Crippen LogP contribution in [0.4, 0.5) is 4.39 Å². The smallest absolute Gasteiger partial charge is 0.234 e. The van der Waals surface area contributed by atoms with Gasteiger partial charge >= 0.3 is 0 Å². The molecule has 2 fully saturated rings. The third-order valence-electron chi connectivity index (χ3n) is 6.11. The van der Waals surface area contributed by atoms with E-state index in [9.17, 15) is 9.18 Å². The maximum atomic E-state index is 13.2. The molecule has 2 atom stereocenters. The van der Waals surface area contributed by atoms with Gasteiger partial charge in [0.1, 0.15) is 5.82 Å². The van der Waals surface area contributed by atoms with Crippen LogP contribution in [0.2, 0.25) is 0 Å². The van der Waals surface area contributed by atoms with Crippen molar-refractivity contribution >= 4 is 5.91 Å². The number of carbonyl (C=O) groups excluding carboxylic acids is 1. The van der Waals surface area contributed by atoms with Crippen LogP contribution in [0, 0.1) is 11.7 Å². The first-order valence-electron chi connectivity index (χ1n) is 10.5. The summed E-state index contributed by atoms with van der Waals surface area (Å²) in [5, 5.41) is 3.09. The fourth-order valence-electron chi connectivity index (χ4n) is 4.40. The molecule has 2 unspecified atom stereocenters. The van der Waals surface area contributed by atoms with E-state index in [4.69, 9.17) is 0 Å². The number of rotatable bonds is 6. The first kappa shape index (κ1) is 20.0. The van der Waals surface area contributed by atoms with Crippen LogP contribution < -0.4 is 16.2 Å². The fourth-order valence-corrected chi connectivity index (χ4v) is 4.40. The summed E-state index contributed by atoms with van der Waals surface area (Å²) in [6.07, 6.45) is 2.20. The monoisotopic (exact) mass is 396 g/mol. The van der Waals surface area contributed by atoms with Gasteiger partial charge in [0, 0.05) is 19.0 Å². The van der Waals surface area contributed by atoms with Crippen molar-refractivity contribution in [2.24, 2.45) is 5.92 Å². The normalized spacial score (nSPS) is 23.2. The number of hydrogen-bond acceptors (Lipinski definition) is 4. The molecule has 6 heteroatoms. The second-order valence-electron chi connectivity index (χ2n) is 8.08. The summed E-state index contributed by atoms with van der Waals surface area (Å²) in [5.74, 6) is 0.671. The van der Waals surface area contributed by atoms with Crippen LogP contribution in [-0.2, 0) is 4.79 Å². The van der Waals surface area contributed by atoms with Crippen LogP contribution >= 0.6 is 0 Å². The number of piperidine rings is 1. The van der Waals surface area contributed by atoms with Crippen molar-refractivity contribution in [3.05, 3.63) is 71.5 Å². The Morgan fingerprint density at radius 2 is 1.76 bits per heavy atom. The first-order chi connectivity index (χ1) is 14.2. The standard InChI is InChI=1S/C23H29FN4O/c24-21-8-6-19(7-9-21)23-20(15-26-27-23)14-25-22(29)16-28-12-10-18(11-13-28)17-4-2-1-3-5-17/h1-9,18,20,23,26-27H,10-16H2,(H,25,29). The number of benzene rings is 2. The van der Waals surface area contributed by atoms with Crippen molar-refractivity contribution in [1.82, 2.24) is 21.1 Å². The van der Waals surface area contributed by atoms with Gasteiger partial charge in [-0.15, -0.1) is 0 Å². The van der Waals surface area contributed by atoms with Crippen LogP contribution in [0.3, 0.4) is 0 Å². The average Bonchev–Trinajstić information content (AvgIpc) is 3.23. The van der Waals surface area contributed by atoms with E-state index in [1.54, 1.807) is 12.1 Å². The third kappa shape index (κ3) is 5.21. The summed E-state index contributed by atoms with van der Waals surface area (Å²) < 4.78 is 13.2. The molecule has 0 spiro atoms. The molecule has 154 valence electrons. The summed E-state index contributed by atoms with van der Waals surface area (Å²) in [7, 11) is 0. The highest BCUT2D eigenvalue weighted by Crippen LogP contribution is 2.27. The Bertz CT molecular complexity index is 790. The SMILES string of the molecule is O=C(CN1CCC(c2ccccc2)CC1)NCC1CNNC1c1ccc(F)cc1. The highest BCUT2D eigenvalue weighted by atomic mass is 19.1. The van der Waals surface area contributed by atoms with Gasteiger partial charge in [-0.3, -0.25) is 15.1 Å². The van der Waals surface area contributed by atoms with Crippen LogP contribution in [0.1, 0.15) is 35.9 Å². The number of halogens is 1. The Morgan fingerprint density at radius 3 is 2.48 bits per heavy atom. The fraction of sp³-hybridized carbons (Fsp3) is 0.435. The van der Waals surface area contributed by atoms with Gasteiger partial charge < -0.3 is 5.32 Å². The maximum absolute atomic E-state index is 13.2. The molecule has 3 N–H and O–H groups in total. The first-order valence-corrected chi connectivity index (χ1v) is 10.5. The molecule has 0 saturated carbocycles. The Balaban J connectivity index is 1.22. The lowest BCUT2D eigenvalue weighted by Gasteiger charge is -2.31. The van der Waals surface area contributed by atoms with E-state index < -0.39 is 0 Å². The molecule has 2 aliphatic heterocycles. The largest absolute Gasteiger partial charge is 0.355 e. The van der Waals surface area contributed by atoms with Crippen LogP contribution in [0.5, 0.6) is 0 Å². The summed E-state index contributed by atoms with van der Waals surface area (Å²) >= 11 is 0. The minimum Gasteiger partial charge on any atom is -0.355 e. The molecular formula is C23H29FN4O. The topological polar surface area (TPSA) is 56.4 Å². The third-order valence-corrected chi connectivity index (χ3v) is 6.11. The summed E-state index contributed by atoms with van der Waals surface area (Å²) in [5.41, 5.74) is 8.82. The number of nitrogens with zero attached hydrogens (tertiary/aromatic N) is 1. The maximum Gasteiger partial charge on any atom is 0.234 e. The van der Waals surface area contributed by atoms with Gasteiger partial charge in [-0.1, -0.05) is 42.5 Å². The van der Waals surface area contributed by atoms with Crippen LogP contribution in [0.25, 0.3) is 0 Å². The van der Waals surface area contributed by atoms with Crippen molar-refractivity contribution in [1.29, 1.82) is 0 Å². The van der Waals surface area contributed by atoms with Crippen molar-refractivity contribution < 1.29 is 9.18 Å². The van der Waals surface area contributed by atoms with Gasteiger partial charge in [-0.25, -0.2) is 9.82 Å². The molecule has 2 aromatic rings. The molecule has 5 nitrogen and oxygen atoms in total. The minimum absolute atomic E-state index is 0.0671. The predicted molar refractivity (Wildman–Crippen MR) is 112 cm³/mol. The van der Waals surface area contributed by atoms with Crippen LogP contribution in [0.15, 0.2) is 54.6 Å². The number of amides is 1. The van der Waals surface area contributed by atoms with Gasteiger partial charge in [0.2, 0.25) is 5.91 Å². The molecule has 2 aromatic carbocycles. The Morgan fingerprint density at radius 1 is 1.03 bits per heavy atom. The lowest BCUT2D eigenvalue weighted by molar-refractivity contribution is -0.122. The van der Waals surface area contributed by atoms with Gasteiger partial charge in [0.15, 0.2) is 0 Å². The van der Waals surface area contributed by atoms with Crippen molar-refractivity contribution in [3.8, 4) is 0 Å². The van der Waals surface area contributed by atoms with E-state index in [1.807, 2.05) is 0 Å². The van der Waals surface area contributed by atoms with Crippen molar-refractivity contribution in [3.63, 3.8) is 0 Å². The van der Waals surface area contributed by atoms with Crippen molar-refractivity contribution in [2.75, 3.05) is 32.7 Å². The molecule has 1 amide bonds. The number of hydrazine groups is 1. The molecule has 2 heterocycles. The molecule has 0 bridgehead atoms. The zero-order chi connectivity index (χ0) is 20.1. The lowest BCUT2D eigenvalue weighted by Crippen LogP contribution is -2.43. The molecular weight excluding hydrogens is 367 g/mol. The lowest BCUT2D eigenvalue weighted by atomic mass is 9.89. The zero-order valence-electron chi connectivity index (χ0n) is 16.6. The summed E-state index contributed by atoms with van der Waals surface area (Å²) in [6, 6.07) is 17.3. The molecule has 0 aromatic heterocycles. The second kappa shape index (κ2) is 9.48. The quantitative estimate of drug-likeness (QED) is 0.703. The Kier molecular flexibility index (Phi) is 6.54. The predicted octanol–water partition coefficient (Wildman–Crippen LogP) is 2.59. The highest BCUT2D eigenvalue weighted by molar-refractivity contribution is 5.78. The van der Waals surface area contributed by atoms with E-state index in [0.717, 1.165) is 38.0 Å². The van der Waals surface area contributed by atoms with Crippen molar-refractivity contribution in [2.45, 2.75) is 24.8 Å². The van der Waals surface area contributed by atoms with Gasteiger partial charge in [0.25, 0.3) is 0 Å². The Labute approximate surface area is 171 Å². The molecule has 29 heavy (non-hydrogen) atoms. The van der Waals surface area contributed by atoms with E-state index in [2.05, 4.69) is 51.4 Å². The van der Waals surface area contributed by atoms with Crippen LogP contribution in [-0.4, -0.2) is 43.5 Å². The van der Waals surface area contributed by atoms with Gasteiger partial charge in [-0.2, -0.15) is 0 Å². The minimum atomic E-state index is -0.236. The number of hydrogen-bond donors (Lipinski definition) is 3. The van der Waals surface area contributed by atoms with Gasteiger partial charge in [0.05, 0.1) is 12.6 Å². The second-order valence-corrected chi connectivity index (χ2v) is 8.08. The molecule has 2 aliphatic rings. The molecule has 2 saturated heterocycles. The Hall–Kier alpha value is -2.28. The highest BCUT2D eigenvalue weighted by Gasteiger charge is 2.29. The van der Waals surface area contributed by atoms with E-state index in [1.165, 1.54) is 17.7 Å². The molecule has 0 aliphatic carbocycles. The van der Waals surface area contributed by atoms with E-state index >= 15 is 0 Å². The number of nitrogens with one attached hydrogen (secondary N) is 3. The van der Waals surface area contributed by atoms with E-state index in [-0.39, 0.29) is 23.7 Å². The summed E-state index contributed by atoms with van der Waals surface area (Å²) in [6.45, 7) is 3.73. The molecule has 4 rings (SSSR count). The van der Waals surface area contributed by atoms with Gasteiger partial charge in [-0.05, 0) is 55.1 Å². The average molecular weight is 397 g/mol. The van der Waals surface area contributed by atoms with E-state index in [0.29, 0.717) is 19.0 Å². The zero-order valence-corrected chi connectivity index (χ0v) is 16.6. The summed E-state index contributed by atoms with van der Waals surface area (Å²) in [4.78, 5) is 14.7. The number of likely N-dealkylation sites (tertiary alicyclic amines) is 1. The molecule has 0 radical (unpaired) electrons. The number of carbonyl (C=O) groups is 1.